The van der Waals surface area contributed by atoms with Gasteiger partial charge in [0.1, 0.15) is 0 Å². The molecule has 1 aromatic rings. The van der Waals surface area contributed by atoms with Crippen molar-refractivity contribution < 1.29 is 4.79 Å². The SMILES string of the molecule is CNc1ccncc1C(=O)NCC(C)(C)N(C)C. The van der Waals surface area contributed by atoms with Crippen LogP contribution in [0.25, 0.3) is 0 Å². The first-order valence-electron chi connectivity index (χ1n) is 5.96. The second kappa shape index (κ2) is 5.82. The first kappa shape index (κ1) is 14.4. The molecule has 0 aliphatic heterocycles. The minimum Gasteiger partial charge on any atom is -0.387 e. The molecule has 1 aromatic heterocycles. The summed E-state index contributed by atoms with van der Waals surface area (Å²) in [5.74, 6) is -0.109. The summed E-state index contributed by atoms with van der Waals surface area (Å²) in [5, 5.41) is 5.92. The fourth-order valence-corrected chi connectivity index (χ4v) is 1.34. The Morgan fingerprint density at radius 1 is 1.44 bits per heavy atom. The van der Waals surface area contributed by atoms with Crippen LogP contribution in [-0.2, 0) is 0 Å². The van der Waals surface area contributed by atoms with Crippen molar-refractivity contribution in [2.45, 2.75) is 19.4 Å². The van der Waals surface area contributed by atoms with E-state index in [-0.39, 0.29) is 11.4 Å². The third kappa shape index (κ3) is 3.43. The maximum absolute atomic E-state index is 12.1. The monoisotopic (exact) mass is 250 g/mol. The smallest absolute Gasteiger partial charge is 0.255 e. The van der Waals surface area contributed by atoms with E-state index in [0.717, 1.165) is 5.69 Å². The zero-order chi connectivity index (χ0) is 13.8. The van der Waals surface area contributed by atoms with Crippen molar-refractivity contribution >= 4 is 11.6 Å². The van der Waals surface area contributed by atoms with Crippen molar-refractivity contribution in [1.29, 1.82) is 0 Å². The fraction of sp³-hybridized carbons (Fsp3) is 0.538. The molecule has 0 radical (unpaired) electrons. The maximum atomic E-state index is 12.1. The van der Waals surface area contributed by atoms with Gasteiger partial charge in [-0.3, -0.25) is 9.78 Å². The lowest BCUT2D eigenvalue weighted by Crippen LogP contribution is -2.48. The van der Waals surface area contributed by atoms with Gasteiger partial charge >= 0.3 is 0 Å². The Bertz CT molecular complexity index is 415. The fourth-order valence-electron chi connectivity index (χ4n) is 1.34. The van der Waals surface area contributed by atoms with Gasteiger partial charge < -0.3 is 15.5 Å². The third-order valence-corrected chi connectivity index (χ3v) is 3.23. The lowest BCUT2D eigenvalue weighted by atomic mass is 10.0. The molecular formula is C13H22N4O. The summed E-state index contributed by atoms with van der Waals surface area (Å²) in [7, 11) is 5.78. The van der Waals surface area contributed by atoms with Crippen LogP contribution in [-0.4, -0.2) is 49.0 Å². The molecule has 0 saturated heterocycles. The standard InChI is InChI=1S/C13H22N4O/c1-13(2,17(4)5)9-16-12(18)10-8-15-7-6-11(10)14-3/h6-8H,9H2,1-5H3,(H,14,15)(H,16,18). The first-order valence-corrected chi connectivity index (χ1v) is 5.96. The molecule has 0 atom stereocenters. The van der Waals surface area contributed by atoms with Gasteiger partial charge in [0.25, 0.3) is 5.91 Å². The average molecular weight is 250 g/mol. The predicted octanol–water partition coefficient (Wildman–Crippen LogP) is 1.19. The van der Waals surface area contributed by atoms with Crippen molar-refractivity contribution in [3.8, 4) is 0 Å². The third-order valence-electron chi connectivity index (χ3n) is 3.23. The number of rotatable bonds is 5. The Balaban J connectivity index is 2.72. The van der Waals surface area contributed by atoms with Crippen molar-refractivity contribution in [2.75, 3.05) is 33.0 Å². The number of likely N-dealkylation sites (N-methyl/N-ethyl adjacent to an activating group) is 1. The van der Waals surface area contributed by atoms with E-state index in [2.05, 4.69) is 34.4 Å². The summed E-state index contributed by atoms with van der Waals surface area (Å²) < 4.78 is 0. The molecule has 0 aromatic carbocycles. The van der Waals surface area contributed by atoms with Gasteiger partial charge in [0.05, 0.1) is 5.56 Å². The van der Waals surface area contributed by atoms with Crippen molar-refractivity contribution in [3.05, 3.63) is 24.0 Å². The molecule has 1 heterocycles. The number of nitrogens with zero attached hydrogens (tertiary/aromatic N) is 2. The van der Waals surface area contributed by atoms with Crippen LogP contribution in [0.3, 0.4) is 0 Å². The normalized spacial score (nSPS) is 11.4. The van der Waals surface area contributed by atoms with Gasteiger partial charge in [-0.05, 0) is 34.0 Å². The zero-order valence-electron chi connectivity index (χ0n) is 11.7. The average Bonchev–Trinajstić information content (AvgIpc) is 2.35. The molecule has 100 valence electrons. The highest BCUT2D eigenvalue weighted by Crippen LogP contribution is 2.13. The van der Waals surface area contributed by atoms with E-state index in [0.29, 0.717) is 12.1 Å². The van der Waals surface area contributed by atoms with Crippen molar-refractivity contribution in [2.24, 2.45) is 0 Å². The second-order valence-corrected chi connectivity index (χ2v) is 5.06. The van der Waals surface area contributed by atoms with E-state index >= 15 is 0 Å². The number of hydrogen-bond donors (Lipinski definition) is 2. The van der Waals surface area contributed by atoms with E-state index in [4.69, 9.17) is 0 Å². The van der Waals surface area contributed by atoms with Crippen LogP contribution >= 0.6 is 0 Å². The van der Waals surface area contributed by atoms with Crippen molar-refractivity contribution in [1.82, 2.24) is 15.2 Å². The summed E-state index contributed by atoms with van der Waals surface area (Å²) in [6.07, 6.45) is 3.23. The number of pyridine rings is 1. The number of amides is 1. The molecule has 0 aliphatic carbocycles. The second-order valence-electron chi connectivity index (χ2n) is 5.06. The molecule has 2 N–H and O–H groups in total. The van der Waals surface area contributed by atoms with Crippen LogP contribution in [0.4, 0.5) is 5.69 Å². The van der Waals surface area contributed by atoms with Crippen LogP contribution in [0.2, 0.25) is 0 Å². The van der Waals surface area contributed by atoms with Gasteiger partial charge in [-0.25, -0.2) is 0 Å². The number of nitrogens with one attached hydrogen (secondary N) is 2. The highest BCUT2D eigenvalue weighted by Gasteiger charge is 2.22. The minimum absolute atomic E-state index is 0.0856. The molecule has 0 aliphatic rings. The number of anilines is 1. The Hall–Kier alpha value is -1.62. The summed E-state index contributed by atoms with van der Waals surface area (Å²) in [4.78, 5) is 18.1. The Labute approximate surface area is 109 Å². The summed E-state index contributed by atoms with van der Waals surface area (Å²) in [6, 6.07) is 1.78. The summed E-state index contributed by atoms with van der Waals surface area (Å²) in [6.45, 7) is 4.74. The zero-order valence-corrected chi connectivity index (χ0v) is 11.7. The number of aromatic nitrogens is 1. The molecule has 18 heavy (non-hydrogen) atoms. The minimum atomic E-state index is -0.109. The molecule has 1 amide bonds. The van der Waals surface area contributed by atoms with Crippen LogP contribution in [0, 0.1) is 0 Å². The van der Waals surface area contributed by atoms with E-state index in [1.54, 1.807) is 25.5 Å². The molecule has 0 bridgehead atoms. The molecular weight excluding hydrogens is 228 g/mol. The van der Waals surface area contributed by atoms with Crippen LogP contribution < -0.4 is 10.6 Å². The van der Waals surface area contributed by atoms with E-state index in [9.17, 15) is 4.79 Å². The van der Waals surface area contributed by atoms with Crippen LogP contribution in [0.5, 0.6) is 0 Å². The topological polar surface area (TPSA) is 57.3 Å². The first-order chi connectivity index (χ1) is 8.38. The highest BCUT2D eigenvalue weighted by atomic mass is 16.1. The highest BCUT2D eigenvalue weighted by molar-refractivity contribution is 5.99. The molecule has 5 nitrogen and oxygen atoms in total. The molecule has 0 fully saturated rings. The number of hydrogen-bond acceptors (Lipinski definition) is 4. The van der Waals surface area contributed by atoms with E-state index in [1.165, 1.54) is 0 Å². The molecule has 5 heteroatoms. The lowest BCUT2D eigenvalue weighted by Gasteiger charge is -2.32. The Kier molecular flexibility index (Phi) is 4.67. The molecule has 1 rings (SSSR count). The van der Waals surface area contributed by atoms with Crippen molar-refractivity contribution in [3.63, 3.8) is 0 Å². The van der Waals surface area contributed by atoms with Crippen LogP contribution in [0.1, 0.15) is 24.2 Å². The number of carbonyl (C=O) groups excluding carboxylic acids is 1. The molecule has 0 spiro atoms. The van der Waals surface area contributed by atoms with Gasteiger partial charge in [-0.1, -0.05) is 0 Å². The summed E-state index contributed by atoms with van der Waals surface area (Å²) in [5.41, 5.74) is 1.26. The van der Waals surface area contributed by atoms with Gasteiger partial charge in [0.15, 0.2) is 0 Å². The van der Waals surface area contributed by atoms with Crippen LogP contribution in [0.15, 0.2) is 18.5 Å². The van der Waals surface area contributed by atoms with E-state index in [1.807, 2.05) is 14.1 Å². The largest absolute Gasteiger partial charge is 0.387 e. The maximum Gasteiger partial charge on any atom is 0.255 e. The van der Waals surface area contributed by atoms with Gasteiger partial charge in [0.2, 0.25) is 0 Å². The van der Waals surface area contributed by atoms with E-state index < -0.39 is 0 Å². The van der Waals surface area contributed by atoms with Gasteiger partial charge in [-0.2, -0.15) is 0 Å². The molecule has 0 unspecified atom stereocenters. The number of carbonyl (C=O) groups is 1. The summed E-state index contributed by atoms with van der Waals surface area (Å²) >= 11 is 0. The molecule has 0 saturated carbocycles. The van der Waals surface area contributed by atoms with Gasteiger partial charge in [-0.15, -0.1) is 0 Å². The Morgan fingerprint density at radius 2 is 2.11 bits per heavy atom. The Morgan fingerprint density at radius 3 is 2.67 bits per heavy atom. The van der Waals surface area contributed by atoms with Gasteiger partial charge in [0, 0.05) is 37.2 Å². The lowest BCUT2D eigenvalue weighted by molar-refractivity contribution is 0.0920. The predicted molar refractivity (Wildman–Crippen MR) is 73.9 cm³/mol. The quantitative estimate of drug-likeness (QED) is 0.824.